The molecule has 0 atom stereocenters. The van der Waals surface area contributed by atoms with Crippen molar-refractivity contribution in [3.8, 4) is 11.5 Å². The van der Waals surface area contributed by atoms with Gasteiger partial charge in [-0.2, -0.15) is 0 Å². The van der Waals surface area contributed by atoms with Crippen LogP contribution in [-0.2, 0) is 9.59 Å². The van der Waals surface area contributed by atoms with Gasteiger partial charge in [0.15, 0.2) is 11.5 Å². The van der Waals surface area contributed by atoms with Gasteiger partial charge in [0.1, 0.15) is 5.03 Å². The molecule has 0 saturated heterocycles. The van der Waals surface area contributed by atoms with Crippen LogP contribution in [0.15, 0.2) is 65.7 Å². The lowest BCUT2D eigenvalue weighted by atomic mass is 10.0. The summed E-state index contributed by atoms with van der Waals surface area (Å²) in [6.07, 6.45) is 0. The Bertz CT molecular complexity index is 1150. The maximum Gasteiger partial charge on any atom is 0.277 e. The highest BCUT2D eigenvalue weighted by molar-refractivity contribution is 6.60. The first-order valence-corrected chi connectivity index (χ1v) is 8.93. The van der Waals surface area contributed by atoms with Crippen LogP contribution in [0.1, 0.15) is 5.56 Å². The van der Waals surface area contributed by atoms with Crippen molar-refractivity contribution in [2.75, 3.05) is 19.1 Å². The van der Waals surface area contributed by atoms with Gasteiger partial charge in [-0.05, 0) is 29.1 Å². The lowest BCUT2D eigenvalue weighted by molar-refractivity contribution is -0.119. The number of nitrogens with zero attached hydrogens (tertiary/aromatic N) is 1. The van der Waals surface area contributed by atoms with Crippen LogP contribution in [0, 0.1) is 0 Å². The molecule has 0 spiro atoms. The van der Waals surface area contributed by atoms with Gasteiger partial charge in [0.05, 0.1) is 25.5 Å². The smallest absolute Gasteiger partial charge is 0.277 e. The van der Waals surface area contributed by atoms with Gasteiger partial charge in [0.2, 0.25) is 0 Å². The molecule has 1 aliphatic heterocycles. The van der Waals surface area contributed by atoms with E-state index in [1.54, 1.807) is 30.3 Å². The predicted molar refractivity (Wildman–Crippen MR) is 109 cm³/mol. The molecular weight excluding hydrogens is 378 g/mol. The quantitative estimate of drug-likeness (QED) is 0.617. The number of carbonyl (C=O) groups is 2. The fraction of sp³-hybridized carbons (Fsp3) is 0.0909. The monoisotopic (exact) mass is 393 g/mol. The van der Waals surface area contributed by atoms with Crippen molar-refractivity contribution in [1.82, 2.24) is 0 Å². The molecule has 1 aliphatic rings. The van der Waals surface area contributed by atoms with Gasteiger partial charge in [-0.3, -0.25) is 9.59 Å². The topological polar surface area (TPSA) is 55.8 Å². The van der Waals surface area contributed by atoms with Crippen molar-refractivity contribution >= 4 is 45.4 Å². The lowest BCUT2D eigenvalue weighted by Crippen LogP contribution is -2.31. The van der Waals surface area contributed by atoms with E-state index in [4.69, 9.17) is 21.1 Å². The molecule has 2 amide bonds. The van der Waals surface area contributed by atoms with Crippen molar-refractivity contribution < 1.29 is 19.1 Å². The Labute approximate surface area is 166 Å². The summed E-state index contributed by atoms with van der Waals surface area (Å²) in [4.78, 5) is 27.2. The number of benzene rings is 3. The Morgan fingerprint density at radius 3 is 2.29 bits per heavy atom. The Morgan fingerprint density at radius 1 is 0.821 bits per heavy atom. The number of carbonyl (C=O) groups excluding carboxylic acids is 2. The van der Waals surface area contributed by atoms with Crippen LogP contribution in [-0.4, -0.2) is 26.0 Å². The zero-order valence-corrected chi connectivity index (χ0v) is 16.0. The SMILES string of the molecule is COc1ccc(C2=C(Cl)C(=O)N(c3cccc4ccccc34)C2=O)cc1OC. The molecule has 3 aromatic carbocycles. The third-order valence-electron chi connectivity index (χ3n) is 4.71. The van der Waals surface area contributed by atoms with Gasteiger partial charge in [0.25, 0.3) is 11.8 Å². The van der Waals surface area contributed by atoms with Crippen LogP contribution in [0.4, 0.5) is 5.69 Å². The molecule has 0 fully saturated rings. The zero-order valence-electron chi connectivity index (χ0n) is 15.2. The summed E-state index contributed by atoms with van der Waals surface area (Å²) in [6, 6.07) is 18.0. The summed E-state index contributed by atoms with van der Waals surface area (Å²) < 4.78 is 10.5. The highest BCUT2D eigenvalue weighted by Gasteiger charge is 2.40. The highest BCUT2D eigenvalue weighted by atomic mass is 35.5. The first kappa shape index (κ1) is 18.1. The molecule has 6 heteroatoms. The Kier molecular flexibility index (Phi) is 4.53. The second-order valence-electron chi connectivity index (χ2n) is 6.20. The molecule has 3 aromatic rings. The molecule has 0 saturated carbocycles. The molecule has 140 valence electrons. The summed E-state index contributed by atoms with van der Waals surface area (Å²) >= 11 is 6.32. The van der Waals surface area contributed by atoms with Crippen molar-refractivity contribution in [2.45, 2.75) is 0 Å². The first-order valence-electron chi connectivity index (χ1n) is 8.55. The van der Waals surface area contributed by atoms with Gasteiger partial charge in [-0.1, -0.05) is 54.1 Å². The van der Waals surface area contributed by atoms with Gasteiger partial charge >= 0.3 is 0 Å². The third-order valence-corrected chi connectivity index (χ3v) is 5.06. The molecule has 4 rings (SSSR count). The maximum atomic E-state index is 13.2. The lowest BCUT2D eigenvalue weighted by Gasteiger charge is -2.17. The van der Waals surface area contributed by atoms with Crippen molar-refractivity contribution in [3.05, 3.63) is 71.3 Å². The van der Waals surface area contributed by atoms with Crippen molar-refractivity contribution in [1.29, 1.82) is 0 Å². The molecular formula is C22H16ClNO4. The molecule has 0 radical (unpaired) electrons. The number of hydrogen-bond acceptors (Lipinski definition) is 4. The van der Waals surface area contributed by atoms with Gasteiger partial charge in [-0.15, -0.1) is 0 Å². The number of ether oxygens (including phenoxy) is 2. The molecule has 0 bridgehead atoms. The molecule has 28 heavy (non-hydrogen) atoms. The minimum atomic E-state index is -0.548. The van der Waals surface area contributed by atoms with Crippen LogP contribution >= 0.6 is 11.6 Å². The third kappa shape index (κ3) is 2.72. The number of halogens is 1. The number of hydrogen-bond donors (Lipinski definition) is 0. The van der Waals surface area contributed by atoms with E-state index in [0.717, 1.165) is 15.7 Å². The van der Waals surface area contributed by atoms with Crippen LogP contribution in [0.2, 0.25) is 0 Å². The van der Waals surface area contributed by atoms with E-state index in [0.29, 0.717) is 22.7 Å². The molecule has 0 N–H and O–H groups in total. The number of methoxy groups -OCH3 is 2. The maximum absolute atomic E-state index is 13.2. The van der Waals surface area contributed by atoms with E-state index in [1.807, 2.05) is 30.3 Å². The number of anilines is 1. The highest BCUT2D eigenvalue weighted by Crippen LogP contribution is 2.39. The summed E-state index contributed by atoms with van der Waals surface area (Å²) in [5, 5.41) is 1.60. The van der Waals surface area contributed by atoms with Crippen LogP contribution in [0.5, 0.6) is 11.5 Å². The van der Waals surface area contributed by atoms with Crippen molar-refractivity contribution in [2.24, 2.45) is 0 Å². The average molecular weight is 394 g/mol. The van der Waals surface area contributed by atoms with Crippen LogP contribution < -0.4 is 14.4 Å². The Hall–Kier alpha value is -3.31. The largest absolute Gasteiger partial charge is 0.493 e. The fourth-order valence-electron chi connectivity index (χ4n) is 3.37. The van der Waals surface area contributed by atoms with E-state index in [9.17, 15) is 9.59 Å². The minimum absolute atomic E-state index is 0.120. The number of rotatable bonds is 4. The second-order valence-corrected chi connectivity index (χ2v) is 6.58. The van der Waals surface area contributed by atoms with Crippen molar-refractivity contribution in [3.63, 3.8) is 0 Å². The standard InChI is InChI=1S/C22H16ClNO4/c1-27-17-11-10-14(12-18(17)28-2)19-20(23)22(26)24(21(19)25)16-9-5-7-13-6-3-4-8-15(13)16/h3-12H,1-2H3. The van der Waals surface area contributed by atoms with E-state index >= 15 is 0 Å². The summed E-state index contributed by atoms with van der Waals surface area (Å²) in [5.41, 5.74) is 1.13. The number of imide groups is 1. The molecule has 0 unspecified atom stereocenters. The Morgan fingerprint density at radius 2 is 1.54 bits per heavy atom. The number of fused-ring (bicyclic) bond motifs is 1. The molecule has 0 aliphatic carbocycles. The number of amides is 2. The molecule has 0 aromatic heterocycles. The minimum Gasteiger partial charge on any atom is -0.493 e. The first-order chi connectivity index (χ1) is 13.6. The van der Waals surface area contributed by atoms with Gasteiger partial charge in [-0.25, -0.2) is 4.90 Å². The summed E-state index contributed by atoms with van der Waals surface area (Å²) in [7, 11) is 3.03. The van der Waals surface area contributed by atoms with Crippen LogP contribution in [0.25, 0.3) is 16.3 Å². The normalized spacial score (nSPS) is 14.2. The Balaban J connectivity index is 1.82. The van der Waals surface area contributed by atoms with E-state index in [1.165, 1.54) is 14.2 Å². The second kappa shape index (κ2) is 7.02. The molecule has 5 nitrogen and oxygen atoms in total. The van der Waals surface area contributed by atoms with Crippen LogP contribution in [0.3, 0.4) is 0 Å². The van der Waals surface area contributed by atoms with E-state index in [-0.39, 0.29) is 10.6 Å². The van der Waals surface area contributed by atoms with Gasteiger partial charge < -0.3 is 9.47 Å². The van der Waals surface area contributed by atoms with E-state index < -0.39 is 11.8 Å². The average Bonchev–Trinajstić information content (AvgIpc) is 2.95. The summed E-state index contributed by atoms with van der Waals surface area (Å²) in [6.45, 7) is 0. The zero-order chi connectivity index (χ0) is 19.8. The predicted octanol–water partition coefficient (Wildman–Crippen LogP) is 4.38. The summed E-state index contributed by atoms with van der Waals surface area (Å²) in [5.74, 6) is -0.0575. The van der Waals surface area contributed by atoms with Gasteiger partial charge in [0, 0.05) is 5.39 Å². The molecule has 1 heterocycles. The fourth-order valence-corrected chi connectivity index (χ4v) is 3.64. The van der Waals surface area contributed by atoms with E-state index in [2.05, 4.69) is 0 Å².